The average Bonchev–Trinajstić information content (AvgIpc) is 2.40. The lowest BCUT2D eigenvalue weighted by Crippen LogP contribution is -2.10. The van der Waals surface area contributed by atoms with Gasteiger partial charge in [-0.25, -0.2) is 4.79 Å². The van der Waals surface area contributed by atoms with Crippen LogP contribution in [0.15, 0.2) is 40.9 Å². The summed E-state index contributed by atoms with van der Waals surface area (Å²) in [4.78, 5) is 22.1. The van der Waals surface area contributed by atoms with E-state index in [9.17, 15) is 9.59 Å². The van der Waals surface area contributed by atoms with Crippen LogP contribution in [-0.2, 0) is 0 Å². The Morgan fingerprint density at radius 2 is 1.90 bits per heavy atom. The van der Waals surface area contributed by atoms with Crippen LogP contribution in [0.5, 0.6) is 0 Å². The molecule has 2 rings (SSSR count). The first-order valence-electron chi connectivity index (χ1n) is 6.09. The summed E-state index contributed by atoms with van der Waals surface area (Å²) >= 11 is 3.36. The Hall–Kier alpha value is -2.34. The van der Waals surface area contributed by atoms with Crippen LogP contribution in [0.3, 0.4) is 0 Å². The van der Waals surface area contributed by atoms with Gasteiger partial charge in [0.05, 0.1) is 11.3 Å². The number of benzene rings is 2. The fraction of sp³-hybridized carbons (Fsp3) is 0.0667. The van der Waals surface area contributed by atoms with Crippen molar-refractivity contribution in [3.05, 3.63) is 57.6 Å². The molecule has 0 radical (unpaired) electrons. The molecule has 21 heavy (non-hydrogen) atoms. The van der Waals surface area contributed by atoms with Crippen molar-refractivity contribution in [2.45, 2.75) is 6.92 Å². The van der Waals surface area contributed by atoms with Crippen LogP contribution in [0.4, 0.5) is 11.4 Å². The molecule has 0 aliphatic carbocycles. The summed E-state index contributed by atoms with van der Waals surface area (Å²) in [5.74, 6) is -1.45. The van der Waals surface area contributed by atoms with Crippen molar-refractivity contribution in [3.63, 3.8) is 0 Å². The lowest BCUT2D eigenvalue weighted by Gasteiger charge is -2.11. The highest BCUT2D eigenvalue weighted by atomic mass is 79.9. The van der Waals surface area contributed by atoms with E-state index in [1.807, 2.05) is 0 Å². The van der Waals surface area contributed by atoms with Crippen molar-refractivity contribution < 1.29 is 14.7 Å². The van der Waals surface area contributed by atoms with Crippen LogP contribution in [0.25, 0.3) is 0 Å². The fourth-order valence-electron chi connectivity index (χ4n) is 1.91. The summed E-state index contributed by atoms with van der Waals surface area (Å²) < 4.78 is 0.693. The highest BCUT2D eigenvalue weighted by Gasteiger charge is 2.09. The predicted molar refractivity (Wildman–Crippen MR) is 84.1 cm³/mol. The van der Waals surface area contributed by atoms with Crippen molar-refractivity contribution in [2.75, 3.05) is 5.32 Å². The average molecular weight is 349 g/mol. The number of hydrogen-bond donors (Lipinski definition) is 3. The fourth-order valence-corrected chi connectivity index (χ4v) is 2.38. The van der Waals surface area contributed by atoms with Crippen molar-refractivity contribution in [1.29, 1.82) is 0 Å². The number of aryl methyl sites for hydroxylation is 1. The van der Waals surface area contributed by atoms with Gasteiger partial charge >= 0.3 is 5.97 Å². The standard InChI is InChI=1S/C15H13BrN2O3/c1-8-6-10(3-4-11(8)15(20)21)18-13-5-2-9(14(17)19)7-12(13)16/h2-7,18H,1H3,(H2,17,19)(H,20,21). The first-order valence-corrected chi connectivity index (χ1v) is 6.88. The van der Waals surface area contributed by atoms with Crippen LogP contribution in [0.1, 0.15) is 26.3 Å². The SMILES string of the molecule is Cc1cc(Nc2ccc(C(N)=O)cc2Br)ccc1C(=O)O. The van der Waals surface area contributed by atoms with Gasteiger partial charge in [-0.1, -0.05) is 0 Å². The van der Waals surface area contributed by atoms with Gasteiger partial charge in [0, 0.05) is 15.7 Å². The molecular formula is C15H13BrN2O3. The van der Waals surface area contributed by atoms with E-state index in [0.29, 0.717) is 15.6 Å². The maximum Gasteiger partial charge on any atom is 0.335 e. The van der Waals surface area contributed by atoms with Crippen molar-refractivity contribution in [2.24, 2.45) is 5.73 Å². The Balaban J connectivity index is 2.28. The van der Waals surface area contributed by atoms with Crippen molar-refractivity contribution >= 4 is 39.2 Å². The molecule has 0 aliphatic rings. The molecule has 0 heterocycles. The van der Waals surface area contributed by atoms with Crippen LogP contribution in [0, 0.1) is 6.92 Å². The summed E-state index contributed by atoms with van der Waals surface area (Å²) in [5.41, 5.74) is 8.06. The molecular weight excluding hydrogens is 336 g/mol. The molecule has 0 aromatic heterocycles. The number of primary amides is 1. The number of carbonyl (C=O) groups is 2. The zero-order valence-electron chi connectivity index (χ0n) is 11.2. The van der Waals surface area contributed by atoms with Crippen LogP contribution in [0.2, 0.25) is 0 Å². The lowest BCUT2D eigenvalue weighted by atomic mass is 10.1. The van der Waals surface area contributed by atoms with Gasteiger partial charge < -0.3 is 16.2 Å². The Bertz CT molecular complexity index is 729. The molecule has 2 aromatic carbocycles. The Morgan fingerprint density at radius 3 is 2.43 bits per heavy atom. The zero-order valence-corrected chi connectivity index (χ0v) is 12.8. The monoisotopic (exact) mass is 348 g/mol. The van der Waals surface area contributed by atoms with Gasteiger partial charge in [0.15, 0.2) is 0 Å². The number of rotatable bonds is 4. The first-order chi connectivity index (χ1) is 9.88. The minimum Gasteiger partial charge on any atom is -0.478 e. The molecule has 5 nitrogen and oxygen atoms in total. The van der Waals surface area contributed by atoms with Gasteiger partial charge in [0.1, 0.15) is 0 Å². The van der Waals surface area contributed by atoms with Crippen LogP contribution < -0.4 is 11.1 Å². The van der Waals surface area contributed by atoms with E-state index in [1.54, 1.807) is 43.3 Å². The van der Waals surface area contributed by atoms with E-state index in [0.717, 1.165) is 11.4 Å². The summed E-state index contributed by atoms with van der Waals surface area (Å²) in [6, 6.07) is 9.95. The number of nitrogens with one attached hydrogen (secondary N) is 1. The highest BCUT2D eigenvalue weighted by molar-refractivity contribution is 9.10. The van der Waals surface area contributed by atoms with Gasteiger partial charge in [-0.15, -0.1) is 0 Å². The van der Waals surface area contributed by atoms with Gasteiger partial charge in [-0.05, 0) is 64.8 Å². The largest absolute Gasteiger partial charge is 0.478 e. The second-order valence-corrected chi connectivity index (χ2v) is 5.37. The van der Waals surface area contributed by atoms with E-state index < -0.39 is 11.9 Å². The minimum absolute atomic E-state index is 0.267. The molecule has 0 unspecified atom stereocenters. The maximum absolute atomic E-state index is 11.1. The predicted octanol–water partition coefficient (Wildman–Crippen LogP) is 3.30. The van der Waals surface area contributed by atoms with E-state index >= 15 is 0 Å². The molecule has 0 saturated carbocycles. The van der Waals surface area contributed by atoms with E-state index in [2.05, 4.69) is 21.2 Å². The second-order valence-electron chi connectivity index (χ2n) is 4.52. The topological polar surface area (TPSA) is 92.4 Å². The molecule has 1 amide bonds. The first kappa shape index (κ1) is 15.1. The number of aromatic carboxylic acids is 1. The number of carbonyl (C=O) groups excluding carboxylic acids is 1. The quantitative estimate of drug-likeness (QED) is 0.790. The minimum atomic E-state index is -0.953. The number of carboxylic acid groups (broad SMARTS) is 1. The molecule has 0 spiro atoms. The van der Waals surface area contributed by atoms with Gasteiger partial charge in [-0.2, -0.15) is 0 Å². The summed E-state index contributed by atoms with van der Waals surface area (Å²) in [6.07, 6.45) is 0. The van der Waals surface area contributed by atoms with Gasteiger partial charge in [0.25, 0.3) is 0 Å². The summed E-state index contributed by atoms with van der Waals surface area (Å²) in [5, 5.41) is 12.2. The smallest absolute Gasteiger partial charge is 0.335 e. The third-order valence-corrected chi connectivity index (χ3v) is 3.65. The highest BCUT2D eigenvalue weighted by Crippen LogP contribution is 2.27. The van der Waals surface area contributed by atoms with Gasteiger partial charge in [0.2, 0.25) is 5.91 Å². The lowest BCUT2D eigenvalue weighted by molar-refractivity contribution is 0.0696. The van der Waals surface area contributed by atoms with Crippen molar-refractivity contribution in [1.82, 2.24) is 0 Å². The maximum atomic E-state index is 11.1. The summed E-state index contributed by atoms with van der Waals surface area (Å²) in [7, 11) is 0. The number of hydrogen-bond acceptors (Lipinski definition) is 3. The number of nitrogens with two attached hydrogens (primary N) is 1. The molecule has 0 bridgehead atoms. The molecule has 108 valence electrons. The Morgan fingerprint density at radius 1 is 1.19 bits per heavy atom. The Labute approximate surface area is 129 Å². The van der Waals surface area contributed by atoms with E-state index in [4.69, 9.17) is 10.8 Å². The number of carboxylic acids is 1. The molecule has 6 heteroatoms. The third kappa shape index (κ3) is 3.41. The van der Waals surface area contributed by atoms with E-state index in [1.165, 1.54) is 0 Å². The Kier molecular flexibility index (Phi) is 4.28. The zero-order chi connectivity index (χ0) is 15.6. The van der Waals surface area contributed by atoms with Crippen LogP contribution >= 0.6 is 15.9 Å². The van der Waals surface area contributed by atoms with Crippen LogP contribution in [-0.4, -0.2) is 17.0 Å². The number of anilines is 2. The molecule has 4 N–H and O–H groups in total. The van der Waals surface area contributed by atoms with E-state index in [-0.39, 0.29) is 5.56 Å². The molecule has 2 aromatic rings. The van der Waals surface area contributed by atoms with Gasteiger partial charge in [-0.3, -0.25) is 4.79 Å². The number of amides is 1. The normalized spacial score (nSPS) is 10.2. The molecule has 0 atom stereocenters. The summed E-state index contributed by atoms with van der Waals surface area (Å²) in [6.45, 7) is 1.74. The number of halogens is 1. The molecule has 0 fully saturated rings. The third-order valence-electron chi connectivity index (χ3n) is 2.99. The van der Waals surface area contributed by atoms with Crippen molar-refractivity contribution in [3.8, 4) is 0 Å². The molecule has 0 saturated heterocycles. The second kappa shape index (κ2) is 5.97. The molecule has 0 aliphatic heterocycles.